The van der Waals surface area contributed by atoms with E-state index in [2.05, 4.69) is 25.9 Å². The van der Waals surface area contributed by atoms with E-state index >= 15 is 0 Å². The van der Waals surface area contributed by atoms with Crippen molar-refractivity contribution in [3.63, 3.8) is 0 Å². The number of nitrogens with one attached hydrogen (secondary N) is 4. The molecule has 15 heteroatoms. The van der Waals surface area contributed by atoms with Crippen molar-refractivity contribution in [2.45, 2.75) is 69.3 Å². The van der Waals surface area contributed by atoms with Crippen molar-refractivity contribution >= 4 is 29.7 Å². The summed E-state index contributed by atoms with van der Waals surface area (Å²) in [7, 11) is 0. The molecule has 1 heterocycles. The van der Waals surface area contributed by atoms with Gasteiger partial charge in [0.05, 0.1) is 24.9 Å². The molecule has 0 bridgehead atoms. The zero-order chi connectivity index (χ0) is 26.5. The van der Waals surface area contributed by atoms with Crippen molar-refractivity contribution in [3.05, 3.63) is 18.2 Å². The van der Waals surface area contributed by atoms with E-state index in [4.69, 9.17) is 16.6 Å². The van der Waals surface area contributed by atoms with E-state index < -0.39 is 66.4 Å². The van der Waals surface area contributed by atoms with Gasteiger partial charge in [0.1, 0.15) is 18.1 Å². The van der Waals surface area contributed by atoms with Gasteiger partial charge in [0.25, 0.3) is 0 Å². The number of carbonyl (C=O) groups is 5. The van der Waals surface area contributed by atoms with Crippen molar-refractivity contribution < 1.29 is 39.3 Å². The Morgan fingerprint density at radius 3 is 2.20 bits per heavy atom. The van der Waals surface area contributed by atoms with E-state index in [1.54, 1.807) is 0 Å². The Morgan fingerprint density at radius 1 is 1.03 bits per heavy atom. The Hall–Kier alpha value is -3.56. The standard InChI is InChI=1S/C20H33N7O8/c1-10(28)16(27-17(31)12(22)4-2-3-5-21)19(33)25-13(6-11-8-23-9-24-11)18(32)26-14(20(34)35)7-15(29)30/h8-10,12-14,16,28H,2-7,21-22H2,1H3,(H,23,24)(H,25,33)(H,26,32)(H,27,31)(H,29,30)(H,34,35). The molecule has 0 spiro atoms. The molecule has 0 fully saturated rings. The van der Waals surface area contributed by atoms with Gasteiger partial charge < -0.3 is 47.7 Å². The minimum absolute atomic E-state index is 0.171. The number of hydrogen-bond donors (Lipinski definition) is 9. The second kappa shape index (κ2) is 14.6. The first-order valence-corrected chi connectivity index (χ1v) is 10.9. The third kappa shape index (κ3) is 10.5. The zero-order valence-electron chi connectivity index (χ0n) is 19.3. The number of aliphatic hydroxyl groups is 1. The first-order valence-electron chi connectivity index (χ1n) is 10.9. The second-order valence-electron chi connectivity index (χ2n) is 7.96. The van der Waals surface area contributed by atoms with E-state index in [1.807, 2.05) is 0 Å². The average Bonchev–Trinajstić information content (AvgIpc) is 3.28. The van der Waals surface area contributed by atoms with Crippen LogP contribution >= 0.6 is 0 Å². The monoisotopic (exact) mass is 499 g/mol. The maximum Gasteiger partial charge on any atom is 0.326 e. The molecule has 0 aliphatic rings. The zero-order valence-corrected chi connectivity index (χ0v) is 19.3. The molecule has 0 aliphatic carbocycles. The Kier molecular flexibility index (Phi) is 12.3. The number of aromatic nitrogens is 2. The van der Waals surface area contributed by atoms with E-state index in [0.717, 1.165) is 0 Å². The van der Waals surface area contributed by atoms with Gasteiger partial charge in [0, 0.05) is 18.3 Å². The summed E-state index contributed by atoms with van der Waals surface area (Å²) in [5.41, 5.74) is 11.6. The van der Waals surface area contributed by atoms with Gasteiger partial charge in [-0.2, -0.15) is 0 Å². The van der Waals surface area contributed by atoms with Crippen molar-refractivity contribution in [2.75, 3.05) is 6.54 Å². The summed E-state index contributed by atoms with van der Waals surface area (Å²) in [6, 6.07) is -5.57. The molecule has 15 nitrogen and oxygen atoms in total. The SMILES string of the molecule is CC(O)C(NC(=O)C(N)CCCCN)C(=O)NC(Cc1cnc[nH]1)C(=O)NC(CC(=O)O)C(=O)O. The lowest BCUT2D eigenvalue weighted by molar-refractivity contribution is -0.147. The van der Waals surface area contributed by atoms with Gasteiger partial charge >= 0.3 is 11.9 Å². The number of imidazole rings is 1. The van der Waals surface area contributed by atoms with Crippen LogP contribution in [0.25, 0.3) is 0 Å². The van der Waals surface area contributed by atoms with Gasteiger partial charge in [-0.3, -0.25) is 19.2 Å². The Balaban J connectivity index is 2.98. The summed E-state index contributed by atoms with van der Waals surface area (Å²) in [5, 5.41) is 34.9. The Bertz CT molecular complexity index is 862. The van der Waals surface area contributed by atoms with Crippen LogP contribution in [0.2, 0.25) is 0 Å². The molecule has 5 atom stereocenters. The molecule has 11 N–H and O–H groups in total. The fourth-order valence-corrected chi connectivity index (χ4v) is 3.04. The summed E-state index contributed by atoms with van der Waals surface area (Å²) in [6.07, 6.45) is 1.81. The van der Waals surface area contributed by atoms with Crippen LogP contribution in [-0.4, -0.2) is 91.8 Å². The molecule has 3 amide bonds. The molecule has 0 aliphatic heterocycles. The van der Waals surface area contributed by atoms with Crippen LogP contribution in [-0.2, 0) is 30.4 Å². The van der Waals surface area contributed by atoms with Gasteiger partial charge in [0.2, 0.25) is 17.7 Å². The molecule has 35 heavy (non-hydrogen) atoms. The smallest absolute Gasteiger partial charge is 0.326 e. The molecular weight excluding hydrogens is 466 g/mol. The minimum Gasteiger partial charge on any atom is -0.481 e. The normalized spacial score (nSPS) is 15.2. The Labute approximate surface area is 201 Å². The van der Waals surface area contributed by atoms with E-state index in [9.17, 15) is 34.2 Å². The van der Waals surface area contributed by atoms with Gasteiger partial charge in [-0.15, -0.1) is 0 Å². The summed E-state index contributed by atoms with van der Waals surface area (Å²) in [6.45, 7) is 1.68. The molecule has 1 rings (SSSR count). The molecule has 0 saturated heterocycles. The van der Waals surface area contributed by atoms with Crippen molar-refractivity contribution in [2.24, 2.45) is 11.5 Å². The maximum atomic E-state index is 12.9. The predicted octanol–water partition coefficient (Wildman–Crippen LogP) is -3.20. The predicted molar refractivity (Wildman–Crippen MR) is 121 cm³/mol. The number of amides is 3. The Morgan fingerprint density at radius 2 is 1.69 bits per heavy atom. The van der Waals surface area contributed by atoms with Crippen LogP contribution < -0.4 is 27.4 Å². The molecule has 0 saturated carbocycles. The number of aromatic amines is 1. The largest absolute Gasteiger partial charge is 0.481 e. The summed E-state index contributed by atoms with van der Waals surface area (Å²) in [5.74, 6) is -5.65. The number of H-pyrrole nitrogens is 1. The number of carboxylic acid groups (broad SMARTS) is 2. The van der Waals surface area contributed by atoms with Gasteiger partial charge in [-0.05, 0) is 26.3 Å². The number of hydrogen-bond acceptors (Lipinski definition) is 9. The van der Waals surface area contributed by atoms with E-state index in [1.165, 1.54) is 19.4 Å². The van der Waals surface area contributed by atoms with Crippen LogP contribution in [0.1, 0.15) is 38.3 Å². The molecule has 0 aromatic carbocycles. The quantitative estimate of drug-likeness (QED) is 0.102. The second-order valence-corrected chi connectivity index (χ2v) is 7.96. The highest BCUT2D eigenvalue weighted by Crippen LogP contribution is 2.05. The first-order chi connectivity index (χ1) is 16.5. The lowest BCUT2D eigenvalue weighted by Gasteiger charge is -2.26. The molecule has 1 aromatic rings. The number of nitrogens with zero attached hydrogens (tertiary/aromatic N) is 1. The fourth-order valence-electron chi connectivity index (χ4n) is 3.04. The number of aliphatic carboxylic acids is 2. The number of rotatable bonds is 16. The molecular formula is C20H33N7O8. The van der Waals surface area contributed by atoms with Crippen molar-refractivity contribution in [1.29, 1.82) is 0 Å². The maximum absolute atomic E-state index is 12.9. The van der Waals surface area contributed by atoms with Crippen LogP contribution in [0.4, 0.5) is 0 Å². The van der Waals surface area contributed by atoms with Crippen molar-refractivity contribution in [1.82, 2.24) is 25.9 Å². The highest BCUT2D eigenvalue weighted by Gasteiger charge is 2.33. The van der Waals surface area contributed by atoms with Gasteiger partial charge in [-0.1, -0.05) is 6.42 Å². The van der Waals surface area contributed by atoms with Crippen LogP contribution in [0.3, 0.4) is 0 Å². The highest BCUT2D eigenvalue weighted by atomic mass is 16.4. The number of carboxylic acids is 2. The van der Waals surface area contributed by atoms with Gasteiger partial charge in [0.15, 0.2) is 0 Å². The average molecular weight is 500 g/mol. The molecule has 1 aromatic heterocycles. The summed E-state index contributed by atoms with van der Waals surface area (Å²) < 4.78 is 0. The highest BCUT2D eigenvalue weighted by molar-refractivity contribution is 5.95. The van der Waals surface area contributed by atoms with E-state index in [-0.39, 0.29) is 6.42 Å². The molecule has 0 radical (unpaired) electrons. The topological polar surface area (TPSA) is 263 Å². The lowest BCUT2D eigenvalue weighted by atomic mass is 10.1. The molecule has 196 valence electrons. The minimum atomic E-state index is -1.75. The number of aliphatic hydroxyl groups excluding tert-OH is 1. The first kappa shape index (κ1) is 29.5. The van der Waals surface area contributed by atoms with Gasteiger partial charge in [-0.25, -0.2) is 9.78 Å². The van der Waals surface area contributed by atoms with E-state index in [0.29, 0.717) is 31.5 Å². The molecule has 5 unspecified atom stereocenters. The van der Waals surface area contributed by atoms with Crippen LogP contribution in [0.5, 0.6) is 0 Å². The third-order valence-electron chi connectivity index (χ3n) is 4.97. The van der Waals surface area contributed by atoms with Crippen LogP contribution in [0.15, 0.2) is 12.5 Å². The number of carbonyl (C=O) groups excluding carboxylic acids is 3. The van der Waals surface area contributed by atoms with Crippen LogP contribution in [0, 0.1) is 0 Å². The fraction of sp³-hybridized carbons (Fsp3) is 0.600. The summed E-state index contributed by atoms with van der Waals surface area (Å²) >= 11 is 0. The third-order valence-corrected chi connectivity index (χ3v) is 4.97. The lowest BCUT2D eigenvalue weighted by Crippen LogP contribution is -2.60. The number of unbranched alkanes of at least 4 members (excludes halogenated alkanes) is 1. The van der Waals surface area contributed by atoms with Crippen molar-refractivity contribution in [3.8, 4) is 0 Å². The number of nitrogens with two attached hydrogens (primary N) is 2. The summed E-state index contributed by atoms with van der Waals surface area (Å²) in [4.78, 5) is 66.8.